The summed E-state index contributed by atoms with van der Waals surface area (Å²) in [6.45, 7) is 2.00. The average Bonchev–Trinajstić information content (AvgIpc) is 3.16. The van der Waals surface area contributed by atoms with E-state index in [4.69, 9.17) is 37.4 Å². The molecule has 30 heavy (non-hydrogen) atoms. The maximum Gasteiger partial charge on any atom is 0.231 e. The van der Waals surface area contributed by atoms with Crippen LogP contribution in [0.5, 0.6) is 17.2 Å². The van der Waals surface area contributed by atoms with Gasteiger partial charge in [0.25, 0.3) is 0 Å². The summed E-state index contributed by atoms with van der Waals surface area (Å²) in [6.07, 6.45) is 0. The second kappa shape index (κ2) is 10.6. The van der Waals surface area contributed by atoms with Crippen LogP contribution in [-0.2, 0) is 19.7 Å². The van der Waals surface area contributed by atoms with Crippen LogP contribution in [0, 0.1) is 0 Å². The largest absolute Gasteiger partial charge is 0.489 e. The summed E-state index contributed by atoms with van der Waals surface area (Å²) in [4.78, 5) is 0. The molecule has 0 spiro atoms. The molecule has 0 saturated carbocycles. The summed E-state index contributed by atoms with van der Waals surface area (Å²) in [5.41, 5.74) is 3.06. The summed E-state index contributed by atoms with van der Waals surface area (Å²) in [5.74, 6) is 2.38. The van der Waals surface area contributed by atoms with E-state index in [-0.39, 0.29) is 19.2 Å². The van der Waals surface area contributed by atoms with Crippen LogP contribution in [0.1, 0.15) is 16.7 Å². The molecular formula is C22H19BrCl3NO3. The molecule has 1 heterocycles. The molecule has 0 saturated heterocycles. The molecule has 0 aliphatic carbocycles. The van der Waals surface area contributed by atoms with Crippen LogP contribution in [0.15, 0.2) is 59.1 Å². The van der Waals surface area contributed by atoms with Crippen LogP contribution in [0.2, 0.25) is 10.0 Å². The van der Waals surface area contributed by atoms with Crippen molar-refractivity contribution in [3.8, 4) is 17.2 Å². The highest BCUT2D eigenvalue weighted by Crippen LogP contribution is 2.32. The maximum atomic E-state index is 6.25. The lowest BCUT2D eigenvalue weighted by Gasteiger charge is -2.14. The van der Waals surface area contributed by atoms with E-state index in [2.05, 4.69) is 21.2 Å². The van der Waals surface area contributed by atoms with Crippen molar-refractivity contribution in [3.63, 3.8) is 0 Å². The third-order valence-electron chi connectivity index (χ3n) is 4.50. The van der Waals surface area contributed by atoms with Gasteiger partial charge in [-0.05, 0) is 48.0 Å². The van der Waals surface area contributed by atoms with E-state index in [1.807, 2.05) is 48.5 Å². The molecule has 8 heteroatoms. The minimum Gasteiger partial charge on any atom is -0.489 e. The van der Waals surface area contributed by atoms with Gasteiger partial charge in [0, 0.05) is 38.7 Å². The Morgan fingerprint density at radius 1 is 0.900 bits per heavy atom. The van der Waals surface area contributed by atoms with Crippen LogP contribution >= 0.6 is 51.5 Å². The van der Waals surface area contributed by atoms with Gasteiger partial charge >= 0.3 is 0 Å². The maximum absolute atomic E-state index is 6.25. The quantitative estimate of drug-likeness (QED) is 0.365. The fourth-order valence-electron chi connectivity index (χ4n) is 3.01. The number of hydrogen-bond donors (Lipinski definition) is 1. The Bertz CT molecular complexity index is 1030. The molecule has 1 N–H and O–H groups in total. The van der Waals surface area contributed by atoms with Crippen molar-refractivity contribution in [3.05, 3.63) is 85.8 Å². The summed E-state index contributed by atoms with van der Waals surface area (Å²) in [7, 11) is 0. The van der Waals surface area contributed by atoms with Crippen LogP contribution in [-0.4, -0.2) is 6.79 Å². The first-order valence-corrected chi connectivity index (χ1v) is 10.6. The molecule has 0 unspecified atom stereocenters. The van der Waals surface area contributed by atoms with E-state index in [1.165, 1.54) is 0 Å². The predicted octanol–water partition coefficient (Wildman–Crippen LogP) is 6.78. The summed E-state index contributed by atoms with van der Waals surface area (Å²) >= 11 is 15.7. The molecule has 0 amide bonds. The molecule has 1 aliphatic rings. The number of hydrogen-bond acceptors (Lipinski definition) is 4. The number of benzene rings is 3. The highest BCUT2D eigenvalue weighted by Gasteiger charge is 2.13. The Hall–Kier alpha value is -1.63. The first kappa shape index (κ1) is 23.0. The molecule has 1 aliphatic heterocycles. The van der Waals surface area contributed by atoms with Crippen LogP contribution < -0.4 is 19.5 Å². The lowest BCUT2D eigenvalue weighted by atomic mass is 10.1. The summed E-state index contributed by atoms with van der Waals surface area (Å²) < 4.78 is 17.8. The van der Waals surface area contributed by atoms with Gasteiger partial charge in [-0.25, -0.2) is 0 Å². The molecule has 0 bridgehead atoms. The first-order chi connectivity index (χ1) is 14.1. The smallest absolute Gasteiger partial charge is 0.231 e. The minimum atomic E-state index is 0. The Kier molecular flexibility index (Phi) is 8.14. The molecule has 4 rings (SSSR count). The van der Waals surface area contributed by atoms with Gasteiger partial charge in [-0.2, -0.15) is 0 Å². The van der Waals surface area contributed by atoms with E-state index < -0.39 is 0 Å². The van der Waals surface area contributed by atoms with Gasteiger partial charge in [0.05, 0.1) is 0 Å². The number of fused-ring (bicyclic) bond motifs is 1. The van der Waals surface area contributed by atoms with Crippen molar-refractivity contribution < 1.29 is 14.2 Å². The van der Waals surface area contributed by atoms with Crippen molar-refractivity contribution in [2.75, 3.05) is 6.79 Å². The number of nitrogens with one attached hydrogen (secondary N) is 1. The highest BCUT2D eigenvalue weighted by molar-refractivity contribution is 9.10. The Morgan fingerprint density at radius 2 is 1.73 bits per heavy atom. The predicted molar refractivity (Wildman–Crippen MR) is 125 cm³/mol. The zero-order valence-corrected chi connectivity index (χ0v) is 19.7. The fraction of sp³-hybridized carbons (Fsp3) is 0.182. The third kappa shape index (κ3) is 5.74. The molecule has 3 aromatic rings. The third-order valence-corrected chi connectivity index (χ3v) is 5.58. The number of halogens is 4. The molecular weight excluding hydrogens is 513 g/mol. The van der Waals surface area contributed by atoms with E-state index in [0.717, 1.165) is 38.4 Å². The van der Waals surface area contributed by atoms with Crippen LogP contribution in [0.3, 0.4) is 0 Å². The van der Waals surface area contributed by atoms with E-state index in [9.17, 15) is 0 Å². The normalized spacial score (nSPS) is 11.8. The zero-order valence-electron chi connectivity index (χ0n) is 15.8. The average molecular weight is 532 g/mol. The van der Waals surface area contributed by atoms with E-state index in [0.29, 0.717) is 29.7 Å². The van der Waals surface area contributed by atoms with Gasteiger partial charge in [0.2, 0.25) is 6.79 Å². The minimum absolute atomic E-state index is 0. The molecule has 0 aromatic heterocycles. The van der Waals surface area contributed by atoms with Crippen molar-refractivity contribution in [1.82, 2.24) is 5.32 Å². The van der Waals surface area contributed by atoms with Crippen molar-refractivity contribution in [2.24, 2.45) is 0 Å². The monoisotopic (exact) mass is 529 g/mol. The second-order valence-corrected chi connectivity index (χ2v) is 8.33. The molecule has 158 valence electrons. The van der Waals surface area contributed by atoms with E-state index >= 15 is 0 Å². The Labute approximate surface area is 200 Å². The summed E-state index contributed by atoms with van der Waals surface area (Å²) in [5, 5.41) is 4.65. The Morgan fingerprint density at radius 3 is 2.57 bits per heavy atom. The SMILES string of the molecule is Cl.Clc1ccc(COc2ccc(Br)cc2CNCc2ccc3c(c2)OCO3)c(Cl)c1. The molecule has 0 atom stereocenters. The van der Waals surface area contributed by atoms with Gasteiger partial charge in [-0.1, -0.05) is 51.3 Å². The van der Waals surface area contributed by atoms with Crippen molar-refractivity contribution in [1.29, 1.82) is 0 Å². The van der Waals surface area contributed by atoms with Crippen LogP contribution in [0.4, 0.5) is 0 Å². The first-order valence-electron chi connectivity index (χ1n) is 9.03. The van der Waals surface area contributed by atoms with Gasteiger partial charge in [-0.3, -0.25) is 0 Å². The number of ether oxygens (including phenoxy) is 3. The molecule has 3 aromatic carbocycles. The molecule has 0 fully saturated rings. The van der Waals surface area contributed by atoms with Gasteiger partial charge in [-0.15, -0.1) is 12.4 Å². The fourth-order valence-corrected chi connectivity index (χ4v) is 3.89. The molecule has 0 radical (unpaired) electrons. The van der Waals surface area contributed by atoms with Gasteiger partial charge < -0.3 is 19.5 Å². The topological polar surface area (TPSA) is 39.7 Å². The zero-order chi connectivity index (χ0) is 20.2. The van der Waals surface area contributed by atoms with Gasteiger partial charge in [0.15, 0.2) is 11.5 Å². The standard InChI is InChI=1S/C22H18BrCl2NO3.ClH/c23-17-3-6-20(27-12-15-2-4-18(24)9-19(15)25)16(8-17)11-26-10-14-1-5-21-22(7-14)29-13-28-21;/h1-9,26H,10-13H2;1H. The van der Waals surface area contributed by atoms with Gasteiger partial charge in [0.1, 0.15) is 12.4 Å². The number of rotatable bonds is 7. The van der Waals surface area contributed by atoms with Crippen molar-refractivity contribution in [2.45, 2.75) is 19.7 Å². The lowest BCUT2D eigenvalue weighted by Crippen LogP contribution is -2.13. The van der Waals surface area contributed by atoms with E-state index in [1.54, 1.807) is 6.07 Å². The van der Waals surface area contributed by atoms with Crippen LogP contribution in [0.25, 0.3) is 0 Å². The highest BCUT2D eigenvalue weighted by atomic mass is 79.9. The second-order valence-electron chi connectivity index (χ2n) is 6.57. The molecule has 4 nitrogen and oxygen atoms in total. The Balaban J connectivity index is 0.00000256. The summed E-state index contributed by atoms with van der Waals surface area (Å²) in [6, 6.07) is 17.3. The lowest BCUT2D eigenvalue weighted by molar-refractivity contribution is 0.174. The van der Waals surface area contributed by atoms with Crippen molar-refractivity contribution >= 4 is 51.5 Å².